The van der Waals surface area contributed by atoms with E-state index in [1.807, 2.05) is 31.2 Å². The average Bonchev–Trinajstić information content (AvgIpc) is 2.33. The highest BCUT2D eigenvalue weighted by molar-refractivity contribution is 5.95. The molecule has 1 aliphatic rings. The average molecular weight is 262 g/mol. The van der Waals surface area contributed by atoms with Crippen LogP contribution >= 0.6 is 0 Å². The van der Waals surface area contributed by atoms with E-state index in [4.69, 9.17) is 5.11 Å². The Hall–Kier alpha value is -1.88. The number of hydrogen-bond donors (Lipinski definition) is 1. The van der Waals surface area contributed by atoms with Crippen LogP contribution in [0.4, 0.5) is 5.69 Å². The number of hydrogen-bond acceptors (Lipinski definition) is 3. The molecule has 0 bridgehead atoms. The molecule has 1 saturated heterocycles. The van der Waals surface area contributed by atoms with E-state index in [-0.39, 0.29) is 24.9 Å². The molecule has 19 heavy (non-hydrogen) atoms. The van der Waals surface area contributed by atoms with Crippen molar-refractivity contribution in [2.75, 3.05) is 25.0 Å². The van der Waals surface area contributed by atoms with Gasteiger partial charge < -0.3 is 10.0 Å². The first-order chi connectivity index (χ1) is 8.97. The van der Waals surface area contributed by atoms with Crippen LogP contribution in [-0.2, 0) is 9.59 Å². The van der Waals surface area contributed by atoms with Crippen molar-refractivity contribution >= 4 is 17.6 Å². The number of aliphatic carboxylic acids is 1. The lowest BCUT2D eigenvalue weighted by Crippen LogP contribution is -2.55. The molecule has 1 aromatic rings. The van der Waals surface area contributed by atoms with E-state index in [1.165, 1.54) is 0 Å². The first-order valence-corrected chi connectivity index (χ1v) is 6.26. The third-order valence-electron chi connectivity index (χ3n) is 3.46. The molecule has 1 atom stereocenters. The molecular formula is C14H18N2O3. The number of aryl methyl sites for hydroxylation is 1. The van der Waals surface area contributed by atoms with E-state index in [0.717, 1.165) is 11.3 Å². The Balaban J connectivity index is 2.17. The van der Waals surface area contributed by atoms with Gasteiger partial charge in [-0.05, 0) is 26.1 Å². The summed E-state index contributed by atoms with van der Waals surface area (Å²) in [7, 11) is 1.79. The minimum atomic E-state index is -0.838. The van der Waals surface area contributed by atoms with Crippen molar-refractivity contribution in [2.45, 2.75) is 19.4 Å². The highest BCUT2D eigenvalue weighted by atomic mass is 16.4. The van der Waals surface area contributed by atoms with E-state index in [0.29, 0.717) is 6.54 Å². The quantitative estimate of drug-likeness (QED) is 0.886. The van der Waals surface area contributed by atoms with Crippen molar-refractivity contribution in [2.24, 2.45) is 0 Å². The molecule has 0 aromatic heterocycles. The van der Waals surface area contributed by atoms with Crippen LogP contribution in [-0.4, -0.2) is 48.1 Å². The molecule has 0 radical (unpaired) electrons. The van der Waals surface area contributed by atoms with Crippen LogP contribution < -0.4 is 4.90 Å². The third-order valence-corrected chi connectivity index (χ3v) is 3.46. The smallest absolute Gasteiger partial charge is 0.305 e. The fourth-order valence-corrected chi connectivity index (χ4v) is 2.28. The van der Waals surface area contributed by atoms with Gasteiger partial charge in [0.2, 0.25) is 5.91 Å². The molecule has 5 heteroatoms. The molecular weight excluding hydrogens is 244 g/mol. The largest absolute Gasteiger partial charge is 0.481 e. The van der Waals surface area contributed by atoms with Gasteiger partial charge in [-0.15, -0.1) is 0 Å². The molecule has 1 unspecified atom stereocenters. The molecule has 1 amide bonds. The van der Waals surface area contributed by atoms with Gasteiger partial charge in [0.05, 0.1) is 13.0 Å². The van der Waals surface area contributed by atoms with Crippen LogP contribution in [0, 0.1) is 6.92 Å². The molecule has 0 spiro atoms. The molecule has 0 aliphatic carbocycles. The Kier molecular flexibility index (Phi) is 3.85. The van der Waals surface area contributed by atoms with Gasteiger partial charge in [-0.3, -0.25) is 14.5 Å². The summed E-state index contributed by atoms with van der Waals surface area (Å²) in [6.45, 7) is 2.67. The maximum absolute atomic E-state index is 12.1. The number of anilines is 1. The number of benzene rings is 1. The van der Waals surface area contributed by atoms with E-state index >= 15 is 0 Å². The number of carboxylic acid groups (broad SMARTS) is 1. The van der Waals surface area contributed by atoms with Gasteiger partial charge in [0, 0.05) is 18.3 Å². The van der Waals surface area contributed by atoms with Gasteiger partial charge in [-0.2, -0.15) is 0 Å². The van der Waals surface area contributed by atoms with Gasteiger partial charge in [0.15, 0.2) is 0 Å². The Labute approximate surface area is 112 Å². The third kappa shape index (κ3) is 3.12. The minimum absolute atomic E-state index is 0.00740. The zero-order chi connectivity index (χ0) is 14.0. The molecule has 1 aliphatic heterocycles. The molecule has 1 heterocycles. The number of carbonyl (C=O) groups is 2. The summed E-state index contributed by atoms with van der Waals surface area (Å²) in [4.78, 5) is 26.4. The fourth-order valence-electron chi connectivity index (χ4n) is 2.28. The minimum Gasteiger partial charge on any atom is -0.481 e. The van der Waals surface area contributed by atoms with Crippen LogP contribution in [0.25, 0.3) is 0 Å². The number of nitrogens with zero attached hydrogens (tertiary/aromatic N) is 2. The molecule has 2 rings (SSSR count). The van der Waals surface area contributed by atoms with Crippen LogP contribution in [0.15, 0.2) is 24.3 Å². The van der Waals surface area contributed by atoms with Gasteiger partial charge in [0.1, 0.15) is 0 Å². The van der Waals surface area contributed by atoms with Gasteiger partial charge >= 0.3 is 5.97 Å². The highest BCUT2D eigenvalue weighted by Crippen LogP contribution is 2.21. The molecule has 5 nitrogen and oxygen atoms in total. The second kappa shape index (κ2) is 5.40. The van der Waals surface area contributed by atoms with Crippen molar-refractivity contribution in [3.63, 3.8) is 0 Å². The maximum atomic E-state index is 12.1. The number of amides is 1. The zero-order valence-electron chi connectivity index (χ0n) is 11.2. The second-order valence-corrected chi connectivity index (χ2v) is 5.01. The van der Waals surface area contributed by atoms with Crippen molar-refractivity contribution in [1.29, 1.82) is 0 Å². The van der Waals surface area contributed by atoms with Crippen molar-refractivity contribution in [3.05, 3.63) is 29.8 Å². The summed E-state index contributed by atoms with van der Waals surface area (Å²) in [5.41, 5.74) is 1.96. The van der Waals surface area contributed by atoms with Crippen molar-refractivity contribution in [3.8, 4) is 0 Å². The first-order valence-electron chi connectivity index (χ1n) is 6.26. The second-order valence-electron chi connectivity index (χ2n) is 5.01. The summed E-state index contributed by atoms with van der Waals surface area (Å²) >= 11 is 0. The van der Waals surface area contributed by atoms with Crippen molar-refractivity contribution in [1.82, 2.24) is 4.90 Å². The number of likely N-dealkylation sites (N-methyl/N-ethyl adjacent to an activating group) is 1. The summed E-state index contributed by atoms with van der Waals surface area (Å²) in [6, 6.07) is 7.56. The Morgan fingerprint density at radius 2 is 2.00 bits per heavy atom. The normalized spacial score (nSPS) is 20.6. The zero-order valence-corrected chi connectivity index (χ0v) is 11.2. The van der Waals surface area contributed by atoms with Crippen LogP contribution in [0.5, 0.6) is 0 Å². The SMILES string of the molecule is Cc1ccc(N2CC(CC(=O)O)N(C)CC2=O)cc1. The van der Waals surface area contributed by atoms with Crippen LogP contribution in [0.1, 0.15) is 12.0 Å². The lowest BCUT2D eigenvalue weighted by molar-refractivity contribution is -0.139. The maximum Gasteiger partial charge on any atom is 0.305 e. The van der Waals surface area contributed by atoms with Crippen LogP contribution in [0.3, 0.4) is 0 Å². The van der Waals surface area contributed by atoms with Crippen molar-refractivity contribution < 1.29 is 14.7 Å². The van der Waals surface area contributed by atoms with Crippen LogP contribution in [0.2, 0.25) is 0 Å². The summed E-state index contributed by atoms with van der Waals surface area (Å²) in [5, 5.41) is 8.91. The van der Waals surface area contributed by atoms with Gasteiger partial charge in [-0.1, -0.05) is 17.7 Å². The lowest BCUT2D eigenvalue weighted by atomic mass is 10.1. The van der Waals surface area contributed by atoms with E-state index in [9.17, 15) is 9.59 Å². The summed E-state index contributed by atoms with van der Waals surface area (Å²) in [6.07, 6.45) is 0.0478. The summed E-state index contributed by atoms with van der Waals surface area (Å²) < 4.78 is 0. The lowest BCUT2D eigenvalue weighted by Gasteiger charge is -2.38. The number of piperazine rings is 1. The Bertz CT molecular complexity index is 484. The number of carboxylic acids is 1. The first kappa shape index (κ1) is 13.5. The van der Waals surface area contributed by atoms with Gasteiger partial charge in [-0.25, -0.2) is 0 Å². The summed E-state index contributed by atoms with van der Waals surface area (Å²) in [5.74, 6) is -0.831. The number of carbonyl (C=O) groups excluding carboxylic acids is 1. The molecule has 1 fully saturated rings. The molecule has 102 valence electrons. The monoisotopic (exact) mass is 262 g/mol. The highest BCUT2D eigenvalue weighted by Gasteiger charge is 2.31. The Morgan fingerprint density at radius 1 is 1.37 bits per heavy atom. The number of rotatable bonds is 3. The van der Waals surface area contributed by atoms with E-state index in [2.05, 4.69) is 0 Å². The van der Waals surface area contributed by atoms with E-state index < -0.39 is 5.97 Å². The molecule has 1 N–H and O–H groups in total. The van der Waals surface area contributed by atoms with Gasteiger partial charge in [0.25, 0.3) is 0 Å². The molecule has 0 saturated carbocycles. The topological polar surface area (TPSA) is 60.9 Å². The van der Waals surface area contributed by atoms with E-state index in [1.54, 1.807) is 16.8 Å². The fraction of sp³-hybridized carbons (Fsp3) is 0.429. The Morgan fingerprint density at radius 3 is 2.58 bits per heavy atom. The predicted molar refractivity (Wildman–Crippen MR) is 72.2 cm³/mol. The molecule has 1 aromatic carbocycles. The predicted octanol–water partition coefficient (Wildman–Crippen LogP) is 1.12. The standard InChI is InChI=1S/C14H18N2O3/c1-10-3-5-11(6-4-10)16-8-12(7-14(18)19)15(2)9-13(16)17/h3-6,12H,7-9H2,1-2H3,(H,18,19).